The van der Waals surface area contributed by atoms with Gasteiger partial charge in [-0.3, -0.25) is 19.2 Å². The van der Waals surface area contributed by atoms with Crippen LogP contribution in [0.3, 0.4) is 0 Å². The van der Waals surface area contributed by atoms with Crippen LogP contribution in [0.4, 0.5) is 10.1 Å². The van der Waals surface area contributed by atoms with Crippen molar-refractivity contribution in [2.45, 2.75) is 6.92 Å². The second kappa shape index (κ2) is 8.06. The van der Waals surface area contributed by atoms with E-state index in [4.69, 9.17) is 11.6 Å². The van der Waals surface area contributed by atoms with Crippen LogP contribution in [0.1, 0.15) is 16.1 Å². The van der Waals surface area contributed by atoms with Crippen LogP contribution in [-0.2, 0) is 11.8 Å². The number of amides is 2. The van der Waals surface area contributed by atoms with Gasteiger partial charge in [0, 0.05) is 38.9 Å². The number of anilines is 1. The summed E-state index contributed by atoms with van der Waals surface area (Å²) >= 11 is 6.18. The summed E-state index contributed by atoms with van der Waals surface area (Å²) in [4.78, 5) is 28.6. The highest BCUT2D eigenvalue weighted by Gasteiger charge is 2.27. The van der Waals surface area contributed by atoms with Gasteiger partial charge in [0.15, 0.2) is 0 Å². The Hall–Kier alpha value is -2.45. The van der Waals surface area contributed by atoms with Gasteiger partial charge in [-0.25, -0.2) is 4.39 Å². The van der Waals surface area contributed by atoms with E-state index in [9.17, 15) is 14.0 Å². The molecule has 1 aromatic heterocycles. The summed E-state index contributed by atoms with van der Waals surface area (Å²) in [5.74, 6) is -0.661. The Labute approximate surface area is 161 Å². The zero-order chi connectivity index (χ0) is 19.6. The average Bonchev–Trinajstić information content (AvgIpc) is 2.89. The molecule has 1 fully saturated rings. The fraction of sp³-hybridized carbons (Fsp3) is 0.389. The molecule has 1 N–H and O–H groups in total. The van der Waals surface area contributed by atoms with Crippen molar-refractivity contribution in [1.29, 1.82) is 0 Å². The predicted octanol–water partition coefficient (Wildman–Crippen LogP) is 1.92. The summed E-state index contributed by atoms with van der Waals surface area (Å²) in [6.45, 7) is 4.15. The van der Waals surface area contributed by atoms with Gasteiger partial charge < -0.3 is 10.2 Å². The smallest absolute Gasteiger partial charge is 0.258 e. The van der Waals surface area contributed by atoms with Crippen LogP contribution in [0.5, 0.6) is 0 Å². The molecule has 9 heteroatoms. The van der Waals surface area contributed by atoms with Crippen LogP contribution < -0.4 is 5.32 Å². The fourth-order valence-electron chi connectivity index (χ4n) is 3.08. The maximum atomic E-state index is 12.9. The highest BCUT2D eigenvalue weighted by Crippen LogP contribution is 2.21. The number of benzene rings is 1. The van der Waals surface area contributed by atoms with Crippen molar-refractivity contribution in [3.05, 3.63) is 46.5 Å². The number of nitrogens with one attached hydrogen (secondary N) is 1. The maximum Gasteiger partial charge on any atom is 0.258 e. The predicted molar refractivity (Wildman–Crippen MR) is 100 cm³/mol. The number of hydrogen-bond acceptors (Lipinski definition) is 4. The Balaban J connectivity index is 1.52. The Morgan fingerprint density at radius 3 is 2.37 bits per heavy atom. The summed E-state index contributed by atoms with van der Waals surface area (Å²) < 4.78 is 14.4. The third-order valence-corrected chi connectivity index (χ3v) is 4.95. The van der Waals surface area contributed by atoms with Crippen molar-refractivity contribution in [2.75, 3.05) is 38.0 Å². The van der Waals surface area contributed by atoms with Gasteiger partial charge in [0.1, 0.15) is 11.0 Å². The molecule has 0 saturated carbocycles. The minimum atomic E-state index is -0.349. The van der Waals surface area contributed by atoms with Gasteiger partial charge >= 0.3 is 0 Å². The number of carbonyl (C=O) groups is 2. The molecule has 144 valence electrons. The van der Waals surface area contributed by atoms with E-state index in [1.807, 2.05) is 4.90 Å². The molecule has 1 aliphatic heterocycles. The Kier molecular flexibility index (Phi) is 5.76. The molecule has 1 saturated heterocycles. The second-order valence-corrected chi connectivity index (χ2v) is 6.86. The Morgan fingerprint density at radius 2 is 1.81 bits per heavy atom. The first-order valence-corrected chi connectivity index (χ1v) is 8.99. The lowest BCUT2D eigenvalue weighted by molar-refractivity contribution is -0.117. The van der Waals surface area contributed by atoms with Crippen molar-refractivity contribution in [1.82, 2.24) is 19.6 Å². The summed E-state index contributed by atoms with van der Waals surface area (Å²) in [6, 6.07) is 5.63. The molecular formula is C18H21ClFN5O2. The lowest BCUT2D eigenvalue weighted by atomic mass is 10.2. The Morgan fingerprint density at radius 1 is 1.19 bits per heavy atom. The minimum absolute atomic E-state index is 0.138. The van der Waals surface area contributed by atoms with E-state index in [1.54, 1.807) is 18.9 Å². The van der Waals surface area contributed by atoms with Gasteiger partial charge in [-0.2, -0.15) is 5.10 Å². The number of halogens is 2. The van der Waals surface area contributed by atoms with Gasteiger partial charge in [-0.05, 0) is 31.2 Å². The first kappa shape index (κ1) is 19.3. The molecular weight excluding hydrogens is 373 g/mol. The summed E-state index contributed by atoms with van der Waals surface area (Å²) in [5, 5.41) is 7.25. The van der Waals surface area contributed by atoms with Crippen LogP contribution in [0, 0.1) is 12.7 Å². The zero-order valence-corrected chi connectivity index (χ0v) is 16.0. The van der Waals surface area contributed by atoms with Gasteiger partial charge in [0.25, 0.3) is 5.91 Å². The van der Waals surface area contributed by atoms with Gasteiger partial charge in [-0.15, -0.1) is 0 Å². The minimum Gasteiger partial charge on any atom is -0.336 e. The third kappa shape index (κ3) is 4.45. The molecule has 0 aliphatic carbocycles. The van der Waals surface area contributed by atoms with E-state index in [1.165, 1.54) is 28.9 Å². The SMILES string of the molecule is Cc1nn(C)c(Cl)c1C(=O)N1CCN(CC(=O)Nc2ccc(F)cc2)CC1. The number of carbonyl (C=O) groups excluding carboxylic acids is 2. The van der Waals surface area contributed by atoms with E-state index in [2.05, 4.69) is 10.4 Å². The molecule has 1 aromatic carbocycles. The van der Waals surface area contributed by atoms with Gasteiger partial charge in [-0.1, -0.05) is 11.6 Å². The number of rotatable bonds is 4. The number of nitrogens with zero attached hydrogens (tertiary/aromatic N) is 4. The van der Waals surface area contributed by atoms with Crippen molar-refractivity contribution < 1.29 is 14.0 Å². The van der Waals surface area contributed by atoms with Crippen molar-refractivity contribution >= 4 is 29.1 Å². The fourth-order valence-corrected chi connectivity index (χ4v) is 3.33. The quantitative estimate of drug-likeness (QED) is 0.861. The summed E-state index contributed by atoms with van der Waals surface area (Å²) in [5.41, 5.74) is 1.59. The van der Waals surface area contributed by atoms with Crippen molar-refractivity contribution in [2.24, 2.45) is 7.05 Å². The van der Waals surface area contributed by atoms with Gasteiger partial charge in [0.05, 0.1) is 17.8 Å². The highest BCUT2D eigenvalue weighted by atomic mass is 35.5. The van der Waals surface area contributed by atoms with E-state index in [0.29, 0.717) is 48.3 Å². The molecule has 2 heterocycles. The van der Waals surface area contributed by atoms with Crippen LogP contribution in [0.25, 0.3) is 0 Å². The van der Waals surface area contributed by atoms with E-state index < -0.39 is 0 Å². The molecule has 1 aliphatic rings. The normalized spacial score (nSPS) is 15.0. The molecule has 7 nitrogen and oxygen atoms in total. The van der Waals surface area contributed by atoms with Crippen molar-refractivity contribution in [3.8, 4) is 0 Å². The number of aromatic nitrogens is 2. The monoisotopic (exact) mass is 393 g/mol. The topological polar surface area (TPSA) is 70.5 Å². The zero-order valence-electron chi connectivity index (χ0n) is 15.2. The van der Waals surface area contributed by atoms with E-state index in [-0.39, 0.29) is 24.2 Å². The molecule has 0 radical (unpaired) electrons. The lowest BCUT2D eigenvalue weighted by Gasteiger charge is -2.34. The number of hydrogen-bond donors (Lipinski definition) is 1. The first-order chi connectivity index (χ1) is 12.8. The molecule has 0 unspecified atom stereocenters. The van der Waals surface area contributed by atoms with E-state index >= 15 is 0 Å². The average molecular weight is 394 g/mol. The lowest BCUT2D eigenvalue weighted by Crippen LogP contribution is -2.50. The molecule has 2 aromatic rings. The van der Waals surface area contributed by atoms with Crippen LogP contribution in [0.2, 0.25) is 5.15 Å². The molecule has 0 bridgehead atoms. The summed E-state index contributed by atoms with van der Waals surface area (Å²) in [6.07, 6.45) is 0. The third-order valence-electron chi connectivity index (χ3n) is 4.52. The van der Waals surface area contributed by atoms with Crippen LogP contribution in [-0.4, -0.2) is 64.1 Å². The Bertz CT molecular complexity index is 844. The van der Waals surface area contributed by atoms with Crippen LogP contribution >= 0.6 is 11.6 Å². The van der Waals surface area contributed by atoms with Gasteiger partial charge in [0.2, 0.25) is 5.91 Å². The summed E-state index contributed by atoms with van der Waals surface area (Å²) in [7, 11) is 1.70. The first-order valence-electron chi connectivity index (χ1n) is 8.61. The molecule has 0 spiro atoms. The largest absolute Gasteiger partial charge is 0.336 e. The standard InChI is InChI=1S/C18H21ClFN5O2/c1-12-16(17(19)23(2)22-12)18(27)25-9-7-24(8-10-25)11-15(26)21-14-5-3-13(20)4-6-14/h3-6H,7-11H2,1-2H3,(H,21,26). The highest BCUT2D eigenvalue weighted by molar-refractivity contribution is 6.33. The van der Waals surface area contributed by atoms with E-state index in [0.717, 1.165) is 0 Å². The molecule has 3 rings (SSSR count). The molecule has 2 amide bonds. The number of aryl methyl sites for hydroxylation is 2. The number of piperazine rings is 1. The molecule has 0 atom stereocenters. The molecule has 27 heavy (non-hydrogen) atoms. The van der Waals surface area contributed by atoms with Crippen molar-refractivity contribution in [3.63, 3.8) is 0 Å². The second-order valence-electron chi connectivity index (χ2n) is 6.50. The maximum absolute atomic E-state index is 12.9. The van der Waals surface area contributed by atoms with Crippen LogP contribution in [0.15, 0.2) is 24.3 Å².